The topological polar surface area (TPSA) is 119 Å². The zero-order valence-electron chi connectivity index (χ0n) is 16.6. The van der Waals surface area contributed by atoms with Gasteiger partial charge in [0.2, 0.25) is 0 Å². The normalized spacial score (nSPS) is 12.2. The quantitative estimate of drug-likeness (QED) is 0.447. The molecule has 10 heteroatoms. The van der Waals surface area contributed by atoms with Gasteiger partial charge in [-0.15, -0.1) is 0 Å². The van der Waals surface area contributed by atoms with E-state index >= 15 is 0 Å². The van der Waals surface area contributed by atoms with E-state index in [0.29, 0.717) is 28.2 Å². The number of nitrogens with one attached hydrogen (secondary N) is 1. The van der Waals surface area contributed by atoms with Crippen LogP contribution in [0.5, 0.6) is 0 Å². The summed E-state index contributed by atoms with van der Waals surface area (Å²) in [6.07, 6.45) is -0.165. The average Bonchev–Trinajstić information content (AvgIpc) is 3.07. The third kappa shape index (κ3) is 3.80. The SMILES string of the molecule is Cc1cc(NC(=O)[C@H](O)c2ccc(Cl)c(F)c2)ccc1-n1nc(C)c2ncnc(N)c21. The molecule has 0 saturated carbocycles. The lowest BCUT2D eigenvalue weighted by Crippen LogP contribution is -2.21. The summed E-state index contributed by atoms with van der Waals surface area (Å²) >= 11 is 5.65. The predicted molar refractivity (Wildman–Crippen MR) is 116 cm³/mol. The van der Waals surface area contributed by atoms with Crippen LogP contribution in [0.15, 0.2) is 42.7 Å². The van der Waals surface area contributed by atoms with Crippen LogP contribution in [0.3, 0.4) is 0 Å². The molecule has 4 aromatic rings. The number of benzene rings is 2. The Bertz CT molecular complexity index is 1320. The molecular formula is C21H18ClFN6O2. The van der Waals surface area contributed by atoms with Crippen molar-refractivity contribution in [1.29, 1.82) is 0 Å². The Kier molecular flexibility index (Phi) is 5.30. The summed E-state index contributed by atoms with van der Waals surface area (Å²) in [5.74, 6) is -1.11. The van der Waals surface area contributed by atoms with Gasteiger partial charge in [0.25, 0.3) is 5.91 Å². The molecule has 0 saturated heterocycles. The second-order valence-electron chi connectivity index (χ2n) is 7.02. The zero-order chi connectivity index (χ0) is 22.3. The maximum atomic E-state index is 13.6. The average molecular weight is 441 g/mol. The van der Waals surface area contributed by atoms with E-state index < -0.39 is 17.8 Å². The summed E-state index contributed by atoms with van der Waals surface area (Å²) in [5, 5.41) is 17.3. The number of amides is 1. The Labute approximate surface area is 181 Å². The number of nitrogen functional groups attached to an aromatic ring is 1. The maximum absolute atomic E-state index is 13.6. The molecule has 2 aromatic carbocycles. The van der Waals surface area contributed by atoms with Crippen molar-refractivity contribution in [3.05, 3.63) is 70.4 Å². The van der Waals surface area contributed by atoms with Crippen molar-refractivity contribution in [2.45, 2.75) is 20.0 Å². The molecule has 158 valence electrons. The Balaban J connectivity index is 1.61. The second-order valence-corrected chi connectivity index (χ2v) is 7.43. The van der Waals surface area contributed by atoms with Gasteiger partial charge in [0, 0.05) is 5.69 Å². The minimum absolute atomic E-state index is 0.0880. The van der Waals surface area contributed by atoms with Crippen molar-refractivity contribution in [3.63, 3.8) is 0 Å². The van der Waals surface area contributed by atoms with Gasteiger partial charge in [0.05, 0.1) is 16.4 Å². The minimum atomic E-state index is -1.55. The number of anilines is 2. The Morgan fingerprint density at radius 1 is 1.23 bits per heavy atom. The van der Waals surface area contributed by atoms with Crippen LogP contribution in [0.2, 0.25) is 5.02 Å². The standard InChI is InChI=1S/C21H18ClFN6O2/c1-10-7-13(27-21(31)19(30)12-3-5-14(22)15(23)8-12)4-6-16(10)29-18-17(11(2)28-29)25-9-26-20(18)24/h3-9,19,30H,1-2H3,(H,27,31)(H2,24,25,26)/t19-/m1/s1. The number of hydrogen-bond donors (Lipinski definition) is 3. The Morgan fingerprint density at radius 3 is 2.71 bits per heavy atom. The molecule has 0 spiro atoms. The van der Waals surface area contributed by atoms with Crippen LogP contribution in [0.25, 0.3) is 16.7 Å². The number of hydrogen-bond acceptors (Lipinski definition) is 6. The van der Waals surface area contributed by atoms with Crippen molar-refractivity contribution >= 4 is 40.0 Å². The number of aliphatic hydroxyl groups excluding tert-OH is 1. The van der Waals surface area contributed by atoms with Crippen LogP contribution >= 0.6 is 11.6 Å². The van der Waals surface area contributed by atoms with Gasteiger partial charge in [-0.05, 0) is 55.3 Å². The van der Waals surface area contributed by atoms with Crippen molar-refractivity contribution in [2.75, 3.05) is 11.1 Å². The van der Waals surface area contributed by atoms with E-state index in [1.165, 1.54) is 18.5 Å². The zero-order valence-corrected chi connectivity index (χ0v) is 17.4. The fourth-order valence-electron chi connectivity index (χ4n) is 3.30. The van der Waals surface area contributed by atoms with Gasteiger partial charge in [-0.25, -0.2) is 19.0 Å². The first kappa shape index (κ1) is 20.7. The number of aryl methyl sites for hydroxylation is 2. The minimum Gasteiger partial charge on any atom is -0.382 e. The van der Waals surface area contributed by atoms with Gasteiger partial charge < -0.3 is 16.2 Å². The number of rotatable bonds is 4. The van der Waals surface area contributed by atoms with E-state index in [0.717, 1.165) is 17.3 Å². The van der Waals surface area contributed by atoms with Crippen LogP contribution in [0.4, 0.5) is 15.9 Å². The Hall–Kier alpha value is -3.56. The number of fused-ring (bicyclic) bond motifs is 1. The Morgan fingerprint density at radius 2 is 2.00 bits per heavy atom. The number of nitrogens with zero attached hydrogens (tertiary/aromatic N) is 4. The summed E-state index contributed by atoms with van der Waals surface area (Å²) in [6.45, 7) is 3.68. The van der Waals surface area contributed by atoms with Crippen LogP contribution < -0.4 is 11.1 Å². The number of aliphatic hydroxyl groups is 1. The van der Waals surface area contributed by atoms with E-state index in [1.54, 1.807) is 22.9 Å². The third-order valence-corrected chi connectivity index (χ3v) is 5.16. The fraction of sp³-hybridized carbons (Fsp3) is 0.143. The van der Waals surface area contributed by atoms with Crippen LogP contribution in [-0.2, 0) is 4.79 Å². The number of nitrogens with two attached hydrogens (primary N) is 1. The smallest absolute Gasteiger partial charge is 0.257 e. The molecule has 8 nitrogen and oxygen atoms in total. The number of carbonyl (C=O) groups excluding carboxylic acids is 1. The highest BCUT2D eigenvalue weighted by atomic mass is 35.5. The highest BCUT2D eigenvalue weighted by molar-refractivity contribution is 6.30. The molecule has 0 aliphatic rings. The molecule has 4 rings (SSSR count). The molecule has 31 heavy (non-hydrogen) atoms. The van der Waals surface area contributed by atoms with Gasteiger partial charge in [0.15, 0.2) is 11.9 Å². The molecule has 0 radical (unpaired) electrons. The molecule has 1 atom stereocenters. The first-order valence-corrected chi connectivity index (χ1v) is 9.64. The van der Waals surface area contributed by atoms with E-state index in [9.17, 15) is 14.3 Å². The summed E-state index contributed by atoms with van der Waals surface area (Å²) in [4.78, 5) is 20.7. The molecule has 2 heterocycles. The summed E-state index contributed by atoms with van der Waals surface area (Å²) in [7, 11) is 0. The lowest BCUT2D eigenvalue weighted by Gasteiger charge is -2.14. The summed E-state index contributed by atoms with van der Waals surface area (Å²) in [5.41, 5.74) is 10.1. The van der Waals surface area contributed by atoms with Gasteiger partial charge in [0.1, 0.15) is 23.2 Å². The van der Waals surface area contributed by atoms with Crippen LogP contribution in [-0.4, -0.2) is 30.8 Å². The highest BCUT2D eigenvalue weighted by Crippen LogP contribution is 2.27. The van der Waals surface area contributed by atoms with Crippen molar-refractivity contribution in [2.24, 2.45) is 0 Å². The van der Waals surface area contributed by atoms with Gasteiger partial charge in [-0.1, -0.05) is 17.7 Å². The first-order chi connectivity index (χ1) is 14.8. The molecule has 0 fully saturated rings. The van der Waals surface area contributed by atoms with E-state index in [4.69, 9.17) is 17.3 Å². The molecule has 0 bridgehead atoms. The van der Waals surface area contributed by atoms with Gasteiger partial charge in [-0.2, -0.15) is 5.10 Å². The molecular weight excluding hydrogens is 423 g/mol. The lowest BCUT2D eigenvalue weighted by molar-refractivity contribution is -0.124. The second kappa shape index (κ2) is 7.93. The van der Waals surface area contributed by atoms with Crippen molar-refractivity contribution in [3.8, 4) is 5.69 Å². The van der Waals surface area contributed by atoms with E-state index in [2.05, 4.69) is 20.4 Å². The lowest BCUT2D eigenvalue weighted by atomic mass is 10.1. The first-order valence-electron chi connectivity index (χ1n) is 9.27. The predicted octanol–water partition coefficient (Wildman–Crippen LogP) is 3.48. The molecule has 4 N–H and O–H groups in total. The summed E-state index contributed by atoms with van der Waals surface area (Å²) in [6, 6.07) is 8.86. The molecule has 1 amide bonds. The molecule has 0 aliphatic carbocycles. The maximum Gasteiger partial charge on any atom is 0.257 e. The summed E-state index contributed by atoms with van der Waals surface area (Å²) < 4.78 is 15.3. The highest BCUT2D eigenvalue weighted by Gasteiger charge is 2.20. The number of aromatic nitrogens is 4. The number of halogens is 2. The largest absolute Gasteiger partial charge is 0.382 e. The van der Waals surface area contributed by atoms with Crippen molar-refractivity contribution in [1.82, 2.24) is 19.7 Å². The monoisotopic (exact) mass is 440 g/mol. The van der Waals surface area contributed by atoms with Gasteiger partial charge >= 0.3 is 0 Å². The third-order valence-electron chi connectivity index (χ3n) is 4.86. The molecule has 0 aliphatic heterocycles. The van der Waals surface area contributed by atoms with Crippen molar-refractivity contribution < 1.29 is 14.3 Å². The molecule has 0 unspecified atom stereocenters. The van der Waals surface area contributed by atoms with Gasteiger partial charge in [-0.3, -0.25) is 4.79 Å². The van der Waals surface area contributed by atoms with Crippen LogP contribution in [0.1, 0.15) is 22.9 Å². The number of carbonyl (C=O) groups is 1. The van der Waals surface area contributed by atoms with Crippen LogP contribution in [0, 0.1) is 19.7 Å². The fourth-order valence-corrected chi connectivity index (χ4v) is 3.42. The molecule has 2 aromatic heterocycles. The van der Waals surface area contributed by atoms with E-state index in [1.807, 2.05) is 13.8 Å². The van der Waals surface area contributed by atoms with E-state index in [-0.39, 0.29) is 10.6 Å².